The molecule has 2 bridgehead atoms. The Bertz CT molecular complexity index is 1040. The van der Waals surface area contributed by atoms with Crippen LogP contribution in [0, 0.1) is 17.8 Å². The number of hydrogen-bond donors (Lipinski definition) is 2. The predicted octanol–water partition coefficient (Wildman–Crippen LogP) is 1.86. The molecule has 1 saturated heterocycles. The van der Waals surface area contributed by atoms with Gasteiger partial charge in [-0.25, -0.2) is 0 Å². The van der Waals surface area contributed by atoms with Gasteiger partial charge < -0.3 is 24.6 Å². The average molecular weight is 470 g/mol. The topological polar surface area (TPSA) is 101 Å². The van der Waals surface area contributed by atoms with Gasteiger partial charge in [0.2, 0.25) is 11.8 Å². The number of ether oxygens (including phenoxy) is 1. The Morgan fingerprint density at radius 1 is 1.21 bits per heavy atom. The smallest absolute Gasteiger partial charge is 0.258 e. The van der Waals surface area contributed by atoms with Gasteiger partial charge in [0.15, 0.2) is 0 Å². The molecular weight excluding hydrogens is 434 g/mol. The molecule has 1 aromatic rings. The first-order valence-electron chi connectivity index (χ1n) is 12.7. The monoisotopic (exact) mass is 469 g/mol. The second-order valence-electron chi connectivity index (χ2n) is 10.1. The molecule has 2 amide bonds. The second-order valence-corrected chi connectivity index (χ2v) is 10.1. The molecule has 0 spiro atoms. The summed E-state index contributed by atoms with van der Waals surface area (Å²) in [5.41, 5.74) is 2.48. The van der Waals surface area contributed by atoms with Gasteiger partial charge in [0.1, 0.15) is 0 Å². The van der Waals surface area contributed by atoms with Gasteiger partial charge in [0.05, 0.1) is 24.6 Å². The number of allylic oxidation sites excluding steroid dienone is 2. The zero-order valence-electron chi connectivity index (χ0n) is 19.9. The fourth-order valence-corrected chi connectivity index (χ4v) is 6.30. The third-order valence-electron chi connectivity index (χ3n) is 8.30. The number of aromatic nitrogens is 1. The van der Waals surface area contributed by atoms with Gasteiger partial charge >= 0.3 is 0 Å². The van der Waals surface area contributed by atoms with E-state index in [4.69, 9.17) is 4.74 Å². The molecule has 34 heavy (non-hydrogen) atoms. The van der Waals surface area contributed by atoms with Crippen molar-refractivity contribution in [3.63, 3.8) is 0 Å². The quantitative estimate of drug-likeness (QED) is 0.594. The molecule has 0 unspecified atom stereocenters. The maximum absolute atomic E-state index is 13.6. The fraction of sp³-hybridized carbons (Fsp3) is 0.654. The molecule has 4 aliphatic rings. The molecule has 8 nitrogen and oxygen atoms in total. The number of pyridine rings is 1. The first-order valence-corrected chi connectivity index (χ1v) is 12.7. The normalized spacial score (nSPS) is 28.2. The summed E-state index contributed by atoms with van der Waals surface area (Å²) in [6.45, 7) is 0.851. The van der Waals surface area contributed by atoms with Gasteiger partial charge in [-0.1, -0.05) is 12.5 Å². The largest absolute Gasteiger partial charge is 0.396 e. The number of rotatable bonds is 7. The van der Waals surface area contributed by atoms with Gasteiger partial charge in [-0.2, -0.15) is 0 Å². The highest BCUT2D eigenvalue weighted by atomic mass is 16.5. The molecule has 2 fully saturated rings. The number of hydrogen-bond acceptors (Lipinski definition) is 5. The van der Waals surface area contributed by atoms with E-state index < -0.39 is 17.9 Å². The lowest BCUT2D eigenvalue weighted by molar-refractivity contribution is -0.143. The zero-order chi connectivity index (χ0) is 23.8. The SMILES string of the molecule is COCCNC(=O)[C@H]1[C@H](CO)[C@H]2Cn3c(ccc(C4=CCCCC4)c3=O)[C@@H]1N2C(=O)C1CCC1. The number of aliphatic hydroxyl groups is 1. The van der Waals surface area contributed by atoms with Crippen LogP contribution in [0.25, 0.3) is 5.57 Å². The summed E-state index contributed by atoms with van der Waals surface area (Å²) in [7, 11) is 1.58. The van der Waals surface area contributed by atoms with E-state index in [9.17, 15) is 19.5 Å². The number of carbonyl (C=O) groups excluding carboxylic acids is 2. The van der Waals surface area contributed by atoms with Crippen molar-refractivity contribution < 1.29 is 19.4 Å². The first-order chi connectivity index (χ1) is 16.6. The maximum atomic E-state index is 13.6. The Hall–Kier alpha value is -2.45. The summed E-state index contributed by atoms with van der Waals surface area (Å²) in [4.78, 5) is 42.4. The summed E-state index contributed by atoms with van der Waals surface area (Å²) in [6.07, 6.45) is 9.05. The molecule has 8 heteroatoms. The number of aliphatic hydroxyl groups excluding tert-OH is 1. The van der Waals surface area contributed by atoms with E-state index in [1.54, 1.807) is 11.7 Å². The van der Waals surface area contributed by atoms with Crippen LogP contribution in [-0.2, 0) is 20.9 Å². The lowest BCUT2D eigenvalue weighted by Crippen LogP contribution is -2.52. The molecule has 0 aromatic carbocycles. The van der Waals surface area contributed by atoms with E-state index in [0.29, 0.717) is 25.4 Å². The van der Waals surface area contributed by atoms with Crippen molar-refractivity contribution in [1.82, 2.24) is 14.8 Å². The van der Waals surface area contributed by atoms with Crippen molar-refractivity contribution in [3.05, 3.63) is 39.8 Å². The number of methoxy groups -OCH3 is 1. The molecule has 184 valence electrons. The number of fused-ring (bicyclic) bond motifs is 4. The molecule has 4 atom stereocenters. The molecule has 1 saturated carbocycles. The van der Waals surface area contributed by atoms with Crippen LogP contribution in [0.3, 0.4) is 0 Å². The van der Waals surface area contributed by atoms with Crippen LogP contribution in [0.2, 0.25) is 0 Å². The van der Waals surface area contributed by atoms with Crippen molar-refractivity contribution in [2.45, 2.75) is 63.6 Å². The summed E-state index contributed by atoms with van der Waals surface area (Å²) in [5, 5.41) is 13.3. The van der Waals surface area contributed by atoms with E-state index in [0.717, 1.165) is 56.1 Å². The summed E-state index contributed by atoms with van der Waals surface area (Å²) in [5.74, 6) is -1.19. The lowest BCUT2D eigenvalue weighted by atomic mass is 9.83. The number of nitrogens with zero attached hydrogens (tertiary/aromatic N) is 2. The first kappa shape index (κ1) is 23.3. The van der Waals surface area contributed by atoms with Crippen LogP contribution >= 0.6 is 0 Å². The number of nitrogens with one attached hydrogen (secondary N) is 1. The average Bonchev–Trinajstić information content (AvgIpc) is 3.06. The Morgan fingerprint density at radius 3 is 2.68 bits per heavy atom. The lowest BCUT2D eigenvalue weighted by Gasteiger charge is -2.41. The molecule has 2 N–H and O–H groups in total. The zero-order valence-corrected chi connectivity index (χ0v) is 19.9. The molecule has 0 radical (unpaired) electrons. The highest BCUT2D eigenvalue weighted by molar-refractivity contribution is 5.85. The van der Waals surface area contributed by atoms with Crippen LogP contribution in [0.4, 0.5) is 0 Å². The Morgan fingerprint density at radius 2 is 2.03 bits per heavy atom. The third kappa shape index (κ3) is 3.81. The Labute approximate surface area is 200 Å². The van der Waals surface area contributed by atoms with Crippen molar-refractivity contribution in [2.75, 3.05) is 26.9 Å². The molecule has 2 aliphatic heterocycles. The Balaban J connectivity index is 1.57. The van der Waals surface area contributed by atoms with Crippen LogP contribution in [0.15, 0.2) is 23.0 Å². The highest BCUT2D eigenvalue weighted by Crippen LogP contribution is 2.50. The second kappa shape index (κ2) is 9.66. The van der Waals surface area contributed by atoms with Crippen molar-refractivity contribution in [1.29, 1.82) is 0 Å². The van der Waals surface area contributed by atoms with E-state index in [1.807, 2.05) is 17.0 Å². The maximum Gasteiger partial charge on any atom is 0.258 e. The van der Waals surface area contributed by atoms with Gasteiger partial charge in [-0.3, -0.25) is 14.4 Å². The molecule has 3 heterocycles. The summed E-state index contributed by atoms with van der Waals surface area (Å²) >= 11 is 0. The van der Waals surface area contributed by atoms with Crippen LogP contribution in [0.5, 0.6) is 0 Å². The molecule has 1 aromatic heterocycles. The van der Waals surface area contributed by atoms with Gasteiger partial charge in [0, 0.05) is 49.9 Å². The van der Waals surface area contributed by atoms with E-state index in [-0.39, 0.29) is 35.9 Å². The molecular formula is C26H35N3O5. The summed E-state index contributed by atoms with van der Waals surface area (Å²) < 4.78 is 6.84. The van der Waals surface area contributed by atoms with Crippen molar-refractivity contribution >= 4 is 17.4 Å². The minimum absolute atomic E-state index is 0.0235. The van der Waals surface area contributed by atoms with Crippen LogP contribution in [-0.4, -0.2) is 59.3 Å². The van der Waals surface area contributed by atoms with Gasteiger partial charge in [-0.15, -0.1) is 0 Å². The number of amides is 2. The van der Waals surface area contributed by atoms with Crippen LogP contribution < -0.4 is 10.9 Å². The minimum Gasteiger partial charge on any atom is -0.396 e. The standard InChI is InChI=1S/C26H35N3O5/c1-34-13-12-27-24(31)22-19(15-30)21-14-28-20(23(22)29(21)25(32)17-8-5-9-17)11-10-18(26(28)33)16-6-3-2-4-7-16/h6,10-11,17,19,21-23,30H,2-5,7-9,12-15H2,1H3,(H,27,31)/t19-,21-,22+,23+/m1/s1. The minimum atomic E-state index is -0.608. The highest BCUT2D eigenvalue weighted by Gasteiger charge is 2.58. The summed E-state index contributed by atoms with van der Waals surface area (Å²) in [6, 6.07) is 2.89. The molecule has 2 aliphatic carbocycles. The fourth-order valence-electron chi connectivity index (χ4n) is 6.30. The van der Waals surface area contributed by atoms with Crippen molar-refractivity contribution in [3.8, 4) is 0 Å². The van der Waals surface area contributed by atoms with Gasteiger partial charge in [-0.05, 0) is 56.2 Å². The van der Waals surface area contributed by atoms with Gasteiger partial charge in [0.25, 0.3) is 5.56 Å². The number of carbonyl (C=O) groups is 2. The third-order valence-corrected chi connectivity index (χ3v) is 8.30. The molecule has 5 rings (SSSR count). The Kier molecular flexibility index (Phi) is 6.62. The predicted molar refractivity (Wildman–Crippen MR) is 127 cm³/mol. The van der Waals surface area contributed by atoms with Crippen LogP contribution in [0.1, 0.15) is 62.2 Å². The van der Waals surface area contributed by atoms with E-state index >= 15 is 0 Å². The van der Waals surface area contributed by atoms with E-state index in [1.165, 1.54) is 0 Å². The van der Waals surface area contributed by atoms with E-state index in [2.05, 4.69) is 11.4 Å². The van der Waals surface area contributed by atoms with Crippen molar-refractivity contribution in [2.24, 2.45) is 17.8 Å².